The van der Waals surface area contributed by atoms with Gasteiger partial charge >= 0.3 is 5.69 Å². The number of nitrogens with zero attached hydrogens (tertiary/aromatic N) is 5. The zero-order chi connectivity index (χ0) is 17.0. The van der Waals surface area contributed by atoms with E-state index >= 15 is 0 Å². The van der Waals surface area contributed by atoms with Gasteiger partial charge in [-0.2, -0.15) is 10.4 Å². The summed E-state index contributed by atoms with van der Waals surface area (Å²) >= 11 is 0. The zero-order valence-electron chi connectivity index (χ0n) is 11.4. The van der Waals surface area contributed by atoms with Crippen LogP contribution >= 0.6 is 0 Å². The van der Waals surface area contributed by atoms with Crippen LogP contribution in [-0.4, -0.2) is 25.5 Å². The number of nitrogens with one attached hydrogen (secondary N) is 1. The molecule has 0 saturated carbocycles. The van der Waals surface area contributed by atoms with Crippen LogP contribution in [0.5, 0.6) is 0 Å². The Bertz CT molecular complexity index is 837. The van der Waals surface area contributed by atoms with Crippen LogP contribution in [0.25, 0.3) is 0 Å². The van der Waals surface area contributed by atoms with Crippen molar-refractivity contribution in [2.45, 2.75) is 6.54 Å². The Morgan fingerprint density at radius 3 is 2.57 bits per heavy atom. The van der Waals surface area contributed by atoms with Crippen molar-refractivity contribution in [2.24, 2.45) is 0 Å². The highest BCUT2D eigenvalue weighted by Crippen LogP contribution is 2.21. The normalized spacial score (nSPS) is 9.87. The molecule has 11 heteroatoms. The number of carbonyl (C=O) groups excluding carboxylic acids is 1. The van der Waals surface area contributed by atoms with Crippen LogP contribution in [0, 0.1) is 31.6 Å². The molecule has 0 radical (unpaired) electrons. The Labute approximate surface area is 128 Å². The van der Waals surface area contributed by atoms with E-state index in [1.165, 1.54) is 6.07 Å². The van der Waals surface area contributed by atoms with E-state index in [0.29, 0.717) is 0 Å². The lowest BCUT2D eigenvalue weighted by atomic mass is 10.1. The Morgan fingerprint density at radius 2 is 2.00 bits per heavy atom. The average Bonchev–Trinajstić information content (AvgIpc) is 2.96. The first-order valence-corrected chi connectivity index (χ1v) is 6.06. The molecule has 0 aliphatic carbocycles. The number of carbonyl (C=O) groups is 1. The number of nitriles is 1. The van der Waals surface area contributed by atoms with E-state index in [0.717, 1.165) is 29.2 Å². The topological polar surface area (TPSA) is 157 Å². The third-order valence-corrected chi connectivity index (χ3v) is 2.74. The molecule has 1 aromatic carbocycles. The lowest BCUT2D eigenvalue weighted by molar-refractivity contribution is -0.385. The number of non-ortho nitro benzene ring substituents is 1. The van der Waals surface area contributed by atoms with Crippen LogP contribution in [0.3, 0.4) is 0 Å². The maximum Gasteiger partial charge on any atom is 0.307 e. The minimum Gasteiger partial charge on any atom is -0.323 e. The van der Waals surface area contributed by atoms with E-state index < -0.39 is 15.8 Å². The highest BCUT2D eigenvalue weighted by molar-refractivity contribution is 5.92. The lowest BCUT2D eigenvalue weighted by Crippen LogP contribution is -2.19. The molecule has 0 fully saturated rings. The first-order valence-electron chi connectivity index (χ1n) is 6.06. The fourth-order valence-corrected chi connectivity index (χ4v) is 1.72. The molecule has 1 amide bonds. The van der Waals surface area contributed by atoms with Crippen LogP contribution in [0.1, 0.15) is 5.56 Å². The number of anilines is 1. The Morgan fingerprint density at radius 1 is 1.30 bits per heavy atom. The molecule has 0 saturated heterocycles. The molecule has 11 nitrogen and oxygen atoms in total. The van der Waals surface area contributed by atoms with Gasteiger partial charge in [0.15, 0.2) is 0 Å². The number of nitro benzene ring substituents is 1. The standard InChI is InChI=1S/C12H8N6O5/c13-4-8-3-9(17(20)21)1-2-11(8)15-12(19)7-16-6-10(5-14-16)18(22)23/h1-3,5-6H,7H2,(H,15,19). The van der Waals surface area contributed by atoms with E-state index in [9.17, 15) is 25.0 Å². The maximum atomic E-state index is 11.9. The number of hydrogen-bond donors (Lipinski definition) is 1. The van der Waals surface area contributed by atoms with Crippen LogP contribution < -0.4 is 5.32 Å². The quantitative estimate of drug-likeness (QED) is 0.641. The van der Waals surface area contributed by atoms with Gasteiger partial charge in [0.1, 0.15) is 25.0 Å². The number of rotatable bonds is 5. The molecule has 0 unspecified atom stereocenters. The molecule has 0 aliphatic rings. The summed E-state index contributed by atoms with van der Waals surface area (Å²) in [6.07, 6.45) is 2.08. The number of aromatic nitrogens is 2. The second-order valence-corrected chi connectivity index (χ2v) is 4.30. The predicted octanol–water partition coefficient (Wildman–Crippen LogP) is 1.21. The van der Waals surface area contributed by atoms with Gasteiger partial charge in [-0.3, -0.25) is 29.7 Å². The third-order valence-electron chi connectivity index (χ3n) is 2.74. The van der Waals surface area contributed by atoms with Gasteiger partial charge in [0.2, 0.25) is 5.91 Å². The SMILES string of the molecule is N#Cc1cc([N+](=O)[O-])ccc1NC(=O)Cn1cc([N+](=O)[O-])cn1. The smallest absolute Gasteiger partial charge is 0.307 e. The minimum absolute atomic E-state index is 0.0704. The molecule has 0 bridgehead atoms. The van der Waals surface area contributed by atoms with Crippen LogP contribution in [0.15, 0.2) is 30.6 Å². The number of benzene rings is 1. The van der Waals surface area contributed by atoms with Gasteiger partial charge in [0.05, 0.1) is 21.1 Å². The monoisotopic (exact) mass is 316 g/mol. The molecule has 0 spiro atoms. The van der Waals surface area contributed by atoms with Gasteiger partial charge in [-0.15, -0.1) is 0 Å². The van der Waals surface area contributed by atoms with Crippen molar-refractivity contribution >= 4 is 23.0 Å². The lowest BCUT2D eigenvalue weighted by Gasteiger charge is -2.06. The molecule has 1 aromatic heterocycles. The van der Waals surface area contributed by atoms with Gasteiger partial charge in [-0.05, 0) is 6.07 Å². The third kappa shape index (κ3) is 3.64. The van der Waals surface area contributed by atoms with Gasteiger partial charge in [-0.1, -0.05) is 0 Å². The Hall–Kier alpha value is -3.81. The van der Waals surface area contributed by atoms with E-state index in [1.54, 1.807) is 6.07 Å². The van der Waals surface area contributed by atoms with E-state index in [2.05, 4.69) is 10.4 Å². The summed E-state index contributed by atoms with van der Waals surface area (Å²) in [5, 5.41) is 36.2. The summed E-state index contributed by atoms with van der Waals surface area (Å²) in [5.41, 5.74) is -0.503. The van der Waals surface area contributed by atoms with Crippen LogP contribution in [0.2, 0.25) is 0 Å². The van der Waals surface area contributed by atoms with Crippen molar-refractivity contribution in [3.05, 3.63) is 56.4 Å². The average molecular weight is 316 g/mol. The Kier molecular flexibility index (Phi) is 4.27. The molecular weight excluding hydrogens is 308 g/mol. The number of amides is 1. The van der Waals surface area contributed by atoms with Crippen molar-refractivity contribution in [1.82, 2.24) is 9.78 Å². The summed E-state index contributed by atoms with van der Waals surface area (Å²) in [4.78, 5) is 31.7. The van der Waals surface area contributed by atoms with Crippen molar-refractivity contribution in [1.29, 1.82) is 5.26 Å². The zero-order valence-corrected chi connectivity index (χ0v) is 11.4. The molecular formula is C12H8N6O5. The summed E-state index contributed by atoms with van der Waals surface area (Å²) in [6.45, 7) is -0.310. The summed E-state index contributed by atoms with van der Waals surface area (Å²) in [7, 11) is 0. The maximum absolute atomic E-state index is 11.9. The minimum atomic E-state index is -0.657. The Balaban J connectivity index is 2.12. The molecule has 23 heavy (non-hydrogen) atoms. The summed E-state index contributed by atoms with van der Waals surface area (Å²) in [6, 6.07) is 5.17. The van der Waals surface area contributed by atoms with Crippen molar-refractivity contribution in [2.75, 3.05) is 5.32 Å². The molecule has 1 heterocycles. The summed E-state index contributed by atoms with van der Waals surface area (Å²) in [5.74, 6) is -0.589. The molecule has 0 atom stereocenters. The van der Waals surface area contributed by atoms with Gasteiger partial charge < -0.3 is 5.32 Å². The van der Waals surface area contributed by atoms with Gasteiger partial charge in [-0.25, -0.2) is 0 Å². The first-order chi connectivity index (χ1) is 10.9. The van der Waals surface area contributed by atoms with Crippen LogP contribution in [-0.2, 0) is 11.3 Å². The highest BCUT2D eigenvalue weighted by atomic mass is 16.6. The fraction of sp³-hybridized carbons (Fsp3) is 0.0833. The van der Waals surface area contributed by atoms with Crippen molar-refractivity contribution in [3.63, 3.8) is 0 Å². The number of hydrogen-bond acceptors (Lipinski definition) is 7. The molecule has 1 N–H and O–H groups in total. The molecule has 0 aliphatic heterocycles. The first kappa shape index (κ1) is 15.6. The van der Waals surface area contributed by atoms with Crippen molar-refractivity contribution < 1.29 is 14.6 Å². The molecule has 2 aromatic rings. The highest BCUT2D eigenvalue weighted by Gasteiger charge is 2.14. The van der Waals surface area contributed by atoms with Crippen LogP contribution in [0.4, 0.5) is 17.1 Å². The predicted molar refractivity (Wildman–Crippen MR) is 75.3 cm³/mol. The van der Waals surface area contributed by atoms with Gasteiger partial charge in [0, 0.05) is 12.1 Å². The number of nitro groups is 2. The van der Waals surface area contributed by atoms with Gasteiger partial charge in [0.25, 0.3) is 5.69 Å². The second kappa shape index (κ2) is 6.31. The second-order valence-electron chi connectivity index (χ2n) is 4.30. The molecule has 116 valence electrons. The van der Waals surface area contributed by atoms with E-state index in [-0.39, 0.29) is 29.2 Å². The van der Waals surface area contributed by atoms with E-state index in [1.807, 2.05) is 0 Å². The fourth-order valence-electron chi connectivity index (χ4n) is 1.72. The largest absolute Gasteiger partial charge is 0.323 e. The van der Waals surface area contributed by atoms with Crippen molar-refractivity contribution in [3.8, 4) is 6.07 Å². The molecule has 2 rings (SSSR count). The van der Waals surface area contributed by atoms with E-state index in [4.69, 9.17) is 5.26 Å². The summed E-state index contributed by atoms with van der Waals surface area (Å²) < 4.78 is 1.06.